The molecule has 1 aliphatic heterocycles. The summed E-state index contributed by atoms with van der Waals surface area (Å²) < 4.78 is 25.7. The molecular weight excluding hydrogens is 345 g/mol. The van der Waals surface area contributed by atoms with Crippen molar-refractivity contribution in [1.29, 1.82) is 0 Å². The van der Waals surface area contributed by atoms with E-state index in [1.54, 1.807) is 12.1 Å². The van der Waals surface area contributed by atoms with Crippen LogP contribution in [0, 0.1) is 5.82 Å². The lowest BCUT2D eigenvalue weighted by atomic mass is 9.78. The Labute approximate surface area is 146 Å². The van der Waals surface area contributed by atoms with Gasteiger partial charge in [-0.05, 0) is 50.9 Å². The van der Waals surface area contributed by atoms with E-state index in [-0.39, 0.29) is 10.0 Å². The van der Waals surface area contributed by atoms with Crippen molar-refractivity contribution in [2.24, 2.45) is 0 Å². The number of rotatable bonds is 3. The third kappa shape index (κ3) is 3.49. The van der Waals surface area contributed by atoms with Gasteiger partial charge in [-0.1, -0.05) is 29.3 Å². The first-order chi connectivity index (χ1) is 10.1. The molecule has 0 amide bonds. The van der Waals surface area contributed by atoms with Gasteiger partial charge in [0.2, 0.25) is 0 Å². The summed E-state index contributed by atoms with van der Waals surface area (Å²) in [6.45, 7) is 7.90. The molecule has 0 unspecified atom stereocenters. The van der Waals surface area contributed by atoms with E-state index in [2.05, 4.69) is 12.6 Å². The van der Waals surface area contributed by atoms with Gasteiger partial charge in [0.05, 0.1) is 21.2 Å². The smallest absolute Gasteiger partial charge is 0.400 e. The molecule has 1 aromatic carbocycles. The zero-order valence-corrected chi connectivity index (χ0v) is 15.3. The van der Waals surface area contributed by atoms with Gasteiger partial charge in [-0.15, -0.1) is 0 Å². The summed E-state index contributed by atoms with van der Waals surface area (Å²) >= 11 is 16.0. The molecule has 22 heavy (non-hydrogen) atoms. The Morgan fingerprint density at radius 3 is 2.23 bits per heavy atom. The first-order valence-electron chi connectivity index (χ1n) is 6.89. The molecule has 0 bridgehead atoms. The van der Waals surface area contributed by atoms with Crippen LogP contribution in [0.1, 0.15) is 33.3 Å². The van der Waals surface area contributed by atoms with Crippen LogP contribution in [0.3, 0.4) is 0 Å². The lowest BCUT2D eigenvalue weighted by molar-refractivity contribution is 0.00578. The van der Waals surface area contributed by atoms with Gasteiger partial charge < -0.3 is 9.31 Å². The van der Waals surface area contributed by atoms with Crippen molar-refractivity contribution in [3.63, 3.8) is 0 Å². The highest BCUT2D eigenvalue weighted by Gasteiger charge is 2.52. The average molecular weight is 363 g/mol. The van der Waals surface area contributed by atoms with E-state index < -0.39 is 24.1 Å². The number of thiol groups is 1. The van der Waals surface area contributed by atoms with Crippen molar-refractivity contribution < 1.29 is 13.7 Å². The first-order valence-corrected chi connectivity index (χ1v) is 8.28. The number of benzene rings is 1. The number of hydrogen-bond donors (Lipinski definition) is 1. The van der Waals surface area contributed by atoms with Crippen molar-refractivity contribution in [3.05, 3.63) is 39.0 Å². The Bertz CT molecular complexity index is 581. The van der Waals surface area contributed by atoms with Gasteiger partial charge in [0, 0.05) is 5.75 Å². The molecule has 0 atom stereocenters. The summed E-state index contributed by atoms with van der Waals surface area (Å²) in [5, 5.41) is 0.0854. The maximum absolute atomic E-state index is 13.7. The average Bonchev–Trinajstić information content (AvgIpc) is 2.61. The topological polar surface area (TPSA) is 18.5 Å². The molecule has 1 aliphatic rings. The molecule has 7 heteroatoms. The fraction of sp³-hybridized carbons (Fsp3) is 0.467. The van der Waals surface area contributed by atoms with E-state index in [1.165, 1.54) is 6.07 Å². The van der Waals surface area contributed by atoms with Gasteiger partial charge in [0.25, 0.3) is 0 Å². The predicted molar refractivity (Wildman–Crippen MR) is 94.3 cm³/mol. The summed E-state index contributed by atoms with van der Waals surface area (Å²) in [4.78, 5) is 0. The maximum atomic E-state index is 13.7. The second-order valence-electron chi connectivity index (χ2n) is 6.26. The summed E-state index contributed by atoms with van der Waals surface area (Å²) in [6.07, 6.45) is 1.76. The Kier molecular flexibility index (Phi) is 5.25. The van der Waals surface area contributed by atoms with Gasteiger partial charge in [-0.3, -0.25) is 0 Å². The molecule has 0 N–H and O–H groups in total. The van der Waals surface area contributed by atoms with E-state index >= 15 is 0 Å². The van der Waals surface area contributed by atoms with Crippen LogP contribution >= 0.6 is 35.8 Å². The summed E-state index contributed by atoms with van der Waals surface area (Å²) in [7, 11) is -0.528. The third-order valence-electron chi connectivity index (χ3n) is 4.10. The quantitative estimate of drug-likeness (QED) is 0.459. The highest BCUT2D eigenvalue weighted by atomic mass is 35.5. The second-order valence-corrected chi connectivity index (χ2v) is 7.37. The molecule has 1 fully saturated rings. The molecule has 0 radical (unpaired) electrons. The van der Waals surface area contributed by atoms with Gasteiger partial charge in [-0.25, -0.2) is 4.39 Å². The normalized spacial score (nSPS) is 20.5. The Hall–Kier alpha value is -0.195. The third-order valence-corrected chi connectivity index (χ3v) is 5.24. The largest absolute Gasteiger partial charge is 0.491 e. The molecule has 0 aliphatic carbocycles. The number of halogens is 3. The fourth-order valence-corrected chi connectivity index (χ4v) is 2.62. The lowest BCUT2D eigenvalue weighted by Crippen LogP contribution is -2.41. The van der Waals surface area contributed by atoms with Crippen LogP contribution in [0.25, 0.3) is 6.08 Å². The molecule has 1 saturated heterocycles. The fourth-order valence-electron chi connectivity index (χ4n) is 2.06. The van der Waals surface area contributed by atoms with Gasteiger partial charge in [-0.2, -0.15) is 12.6 Å². The summed E-state index contributed by atoms with van der Waals surface area (Å²) in [5.74, 6) is -0.147. The maximum Gasteiger partial charge on any atom is 0.491 e. The molecule has 2 nitrogen and oxygen atoms in total. The van der Waals surface area contributed by atoms with Crippen molar-refractivity contribution in [2.45, 2.75) is 38.9 Å². The Morgan fingerprint density at radius 2 is 1.77 bits per heavy atom. The van der Waals surface area contributed by atoms with Crippen LogP contribution in [0.15, 0.2) is 17.6 Å². The Morgan fingerprint density at radius 1 is 1.23 bits per heavy atom. The summed E-state index contributed by atoms with van der Waals surface area (Å²) in [5.41, 5.74) is 0.496. The summed E-state index contributed by atoms with van der Waals surface area (Å²) in [6, 6.07) is 2.92. The van der Waals surface area contributed by atoms with Crippen molar-refractivity contribution in [2.75, 3.05) is 5.75 Å². The zero-order chi connectivity index (χ0) is 16.7. The predicted octanol–water partition coefficient (Wildman–Crippen LogP) is 5.08. The second kappa shape index (κ2) is 6.37. The minimum atomic E-state index is -0.562. The molecule has 0 spiro atoms. The molecular formula is C15H18BCl2FO2S. The highest BCUT2D eigenvalue weighted by Crippen LogP contribution is 2.39. The standard InChI is InChI=1S/C15H18BCl2FO2S/c1-14(2)15(3,4)21-16(20-14)10(8-22)5-9-6-11(17)13(18)12(19)7-9/h5-7,22H,8H2,1-4H3. The van der Waals surface area contributed by atoms with Crippen molar-refractivity contribution in [3.8, 4) is 0 Å². The van der Waals surface area contributed by atoms with Gasteiger partial charge in [0.15, 0.2) is 0 Å². The van der Waals surface area contributed by atoms with Crippen LogP contribution in [0.2, 0.25) is 10.0 Å². The minimum absolute atomic E-state index is 0.0816. The molecule has 0 saturated carbocycles. The first kappa shape index (κ1) is 18.1. The van der Waals surface area contributed by atoms with Crippen LogP contribution in [0.5, 0.6) is 0 Å². The molecule has 1 heterocycles. The number of hydrogen-bond acceptors (Lipinski definition) is 3. The van der Waals surface area contributed by atoms with Crippen LogP contribution in [-0.2, 0) is 9.31 Å². The van der Waals surface area contributed by atoms with Gasteiger partial charge >= 0.3 is 7.12 Å². The molecule has 1 aromatic rings. The van der Waals surface area contributed by atoms with Crippen molar-refractivity contribution >= 4 is 49.0 Å². The van der Waals surface area contributed by atoms with E-state index in [4.69, 9.17) is 32.5 Å². The zero-order valence-electron chi connectivity index (χ0n) is 12.9. The highest BCUT2D eigenvalue weighted by molar-refractivity contribution is 7.80. The molecule has 120 valence electrons. The van der Waals surface area contributed by atoms with Crippen molar-refractivity contribution in [1.82, 2.24) is 0 Å². The SMILES string of the molecule is CC1(C)OB(C(=Cc2cc(F)c(Cl)c(Cl)c2)CS)OC1(C)C. The van der Waals surface area contributed by atoms with Crippen LogP contribution < -0.4 is 0 Å². The minimum Gasteiger partial charge on any atom is -0.400 e. The molecule has 2 rings (SSSR count). The monoisotopic (exact) mass is 362 g/mol. The van der Waals surface area contributed by atoms with E-state index in [0.717, 1.165) is 5.47 Å². The lowest BCUT2D eigenvalue weighted by Gasteiger charge is -2.32. The van der Waals surface area contributed by atoms with Crippen LogP contribution in [0.4, 0.5) is 4.39 Å². The van der Waals surface area contributed by atoms with Gasteiger partial charge in [0.1, 0.15) is 5.82 Å². The van der Waals surface area contributed by atoms with E-state index in [9.17, 15) is 4.39 Å². The molecule has 0 aromatic heterocycles. The Balaban J connectivity index is 2.34. The van der Waals surface area contributed by atoms with E-state index in [0.29, 0.717) is 11.3 Å². The van der Waals surface area contributed by atoms with E-state index in [1.807, 2.05) is 27.7 Å². The van der Waals surface area contributed by atoms with Crippen LogP contribution in [-0.4, -0.2) is 24.1 Å².